The van der Waals surface area contributed by atoms with E-state index in [9.17, 15) is 14.4 Å². The third-order valence-electron chi connectivity index (χ3n) is 1.23. The minimum atomic E-state index is -0.826. The molecule has 0 rings (SSSR count). The van der Waals surface area contributed by atoms with Crippen LogP contribution in [0.5, 0.6) is 0 Å². The van der Waals surface area contributed by atoms with Gasteiger partial charge in [0.2, 0.25) is 0 Å². The third kappa shape index (κ3) is 5.78. The lowest BCUT2D eigenvalue weighted by molar-refractivity contribution is -0.150. The Morgan fingerprint density at radius 2 is 1.69 bits per heavy atom. The molecule has 0 heterocycles. The van der Waals surface area contributed by atoms with Gasteiger partial charge in [-0.25, -0.2) is 0 Å². The van der Waals surface area contributed by atoms with Gasteiger partial charge >= 0.3 is 5.97 Å². The van der Waals surface area contributed by atoms with Crippen molar-refractivity contribution >= 4 is 17.5 Å². The van der Waals surface area contributed by atoms with Crippen molar-refractivity contribution in [2.45, 2.75) is 26.9 Å². The summed E-state index contributed by atoms with van der Waals surface area (Å²) in [4.78, 5) is 31.9. The van der Waals surface area contributed by atoms with Crippen LogP contribution in [0.2, 0.25) is 0 Å². The summed E-state index contributed by atoms with van der Waals surface area (Å²) in [6.07, 6.45) is 1.42. The second-order valence-electron chi connectivity index (χ2n) is 2.60. The predicted molar refractivity (Wildman–Crippen MR) is 46.1 cm³/mol. The molecule has 0 aromatic rings. The third-order valence-corrected chi connectivity index (χ3v) is 1.23. The molecule has 0 radical (unpaired) electrons. The number of carbonyl (C=O) groups is 3. The van der Waals surface area contributed by atoms with E-state index in [1.807, 2.05) is 0 Å². The Labute approximate surface area is 76.6 Å². The molecule has 4 heteroatoms. The molecule has 0 spiro atoms. The Balaban J connectivity index is 4.11. The average Bonchev–Trinajstić information content (AvgIpc) is 1.98. The molecule has 0 saturated heterocycles. The summed E-state index contributed by atoms with van der Waals surface area (Å²) >= 11 is 0. The normalized spacial score (nSPS) is 12.5. The van der Waals surface area contributed by atoms with Gasteiger partial charge < -0.3 is 4.74 Å². The monoisotopic (exact) mass is 184 g/mol. The highest BCUT2D eigenvalue weighted by molar-refractivity contribution is 6.00. The first-order valence-electron chi connectivity index (χ1n) is 3.83. The first-order valence-corrected chi connectivity index (χ1v) is 3.83. The Morgan fingerprint density at radius 3 is 2.08 bits per heavy atom. The van der Waals surface area contributed by atoms with Crippen LogP contribution in [0.1, 0.15) is 20.8 Å². The molecule has 0 aromatic heterocycles. The maximum Gasteiger partial charge on any atom is 0.303 e. The van der Waals surface area contributed by atoms with Crippen LogP contribution in [0.25, 0.3) is 0 Å². The molecule has 0 N–H and O–H groups in total. The van der Waals surface area contributed by atoms with Gasteiger partial charge in [-0.2, -0.15) is 0 Å². The lowest BCUT2D eigenvalue weighted by atomic mass is 10.2. The zero-order chi connectivity index (χ0) is 10.4. The van der Waals surface area contributed by atoms with Crippen molar-refractivity contribution in [1.82, 2.24) is 0 Å². The van der Waals surface area contributed by atoms with Gasteiger partial charge in [0.05, 0.1) is 0 Å². The first-order chi connectivity index (χ1) is 5.93. The van der Waals surface area contributed by atoms with E-state index in [0.29, 0.717) is 0 Å². The van der Waals surface area contributed by atoms with Crippen molar-refractivity contribution in [3.8, 4) is 0 Å². The largest absolute Gasteiger partial charge is 0.454 e. The maximum atomic E-state index is 11.1. The molecule has 0 bridgehead atoms. The fourth-order valence-corrected chi connectivity index (χ4v) is 0.642. The summed E-state index contributed by atoms with van der Waals surface area (Å²) in [5.41, 5.74) is 0. The number of allylic oxidation sites excluding steroid dienone is 1. The topological polar surface area (TPSA) is 60.4 Å². The molecule has 0 aliphatic carbocycles. The molecule has 0 aliphatic heterocycles. The highest BCUT2D eigenvalue weighted by atomic mass is 16.5. The van der Waals surface area contributed by atoms with Crippen LogP contribution >= 0.6 is 0 Å². The van der Waals surface area contributed by atoms with Gasteiger partial charge in [-0.15, -0.1) is 0 Å². The maximum absolute atomic E-state index is 11.1. The molecule has 72 valence electrons. The minimum absolute atomic E-state index is 0.219. The first kappa shape index (κ1) is 11.6. The van der Waals surface area contributed by atoms with Gasteiger partial charge in [0, 0.05) is 6.92 Å². The zero-order valence-corrected chi connectivity index (χ0v) is 7.87. The number of hydrogen-bond acceptors (Lipinski definition) is 4. The van der Waals surface area contributed by atoms with E-state index in [4.69, 9.17) is 0 Å². The summed E-state index contributed by atoms with van der Waals surface area (Å²) in [5.74, 6) is -1.13. The summed E-state index contributed by atoms with van der Waals surface area (Å²) < 4.78 is 4.59. The standard InChI is InChI=1S/C9H12O4/c1-6(10)4-5-9(12)7(2)13-8(3)11/h4-5,7H,1-3H3/t7-/m0/s1. The van der Waals surface area contributed by atoms with Crippen molar-refractivity contribution in [3.63, 3.8) is 0 Å². The van der Waals surface area contributed by atoms with Crippen LogP contribution in [0.3, 0.4) is 0 Å². The quantitative estimate of drug-likeness (QED) is 0.475. The van der Waals surface area contributed by atoms with E-state index >= 15 is 0 Å². The summed E-state index contributed by atoms with van der Waals surface area (Å²) in [7, 11) is 0. The number of carbonyl (C=O) groups excluding carboxylic acids is 3. The second-order valence-corrected chi connectivity index (χ2v) is 2.60. The number of ketones is 2. The number of esters is 1. The van der Waals surface area contributed by atoms with Gasteiger partial charge in [-0.3, -0.25) is 14.4 Å². The van der Waals surface area contributed by atoms with Crippen LogP contribution in [-0.2, 0) is 19.1 Å². The number of hydrogen-bond donors (Lipinski definition) is 0. The highest BCUT2D eigenvalue weighted by Gasteiger charge is 2.12. The van der Waals surface area contributed by atoms with E-state index in [1.54, 1.807) is 0 Å². The smallest absolute Gasteiger partial charge is 0.303 e. The van der Waals surface area contributed by atoms with E-state index in [1.165, 1.54) is 20.8 Å². The van der Waals surface area contributed by atoms with Crippen molar-refractivity contribution in [3.05, 3.63) is 12.2 Å². The Morgan fingerprint density at radius 1 is 1.15 bits per heavy atom. The van der Waals surface area contributed by atoms with Crippen molar-refractivity contribution in [2.24, 2.45) is 0 Å². The summed E-state index contributed by atoms with van der Waals surface area (Å²) in [5, 5.41) is 0. The lowest BCUT2D eigenvalue weighted by Crippen LogP contribution is -2.21. The molecule has 0 aromatic carbocycles. The van der Waals surface area contributed by atoms with Gasteiger partial charge in [-0.1, -0.05) is 0 Å². The summed E-state index contributed by atoms with van der Waals surface area (Å²) in [6.45, 7) is 4.01. The zero-order valence-electron chi connectivity index (χ0n) is 7.87. The van der Waals surface area contributed by atoms with Crippen LogP contribution in [0, 0.1) is 0 Å². The van der Waals surface area contributed by atoms with Crippen LogP contribution in [-0.4, -0.2) is 23.6 Å². The molecule has 0 aliphatic rings. The van der Waals surface area contributed by atoms with Crippen LogP contribution in [0.4, 0.5) is 0 Å². The number of ether oxygens (including phenoxy) is 1. The predicted octanol–water partition coefficient (Wildman–Crippen LogP) is 0.652. The molecule has 1 atom stereocenters. The van der Waals surface area contributed by atoms with Crippen LogP contribution in [0.15, 0.2) is 12.2 Å². The molecule has 0 saturated carbocycles. The van der Waals surface area contributed by atoms with Crippen molar-refractivity contribution in [2.75, 3.05) is 0 Å². The van der Waals surface area contributed by atoms with Gasteiger partial charge in [0.1, 0.15) is 0 Å². The molecule has 4 nitrogen and oxygen atoms in total. The van der Waals surface area contributed by atoms with Gasteiger partial charge in [0.25, 0.3) is 0 Å². The minimum Gasteiger partial charge on any atom is -0.454 e. The van der Waals surface area contributed by atoms with E-state index in [-0.39, 0.29) is 5.78 Å². The van der Waals surface area contributed by atoms with Crippen LogP contribution < -0.4 is 0 Å². The van der Waals surface area contributed by atoms with Gasteiger partial charge in [0.15, 0.2) is 17.7 Å². The Bertz CT molecular complexity index is 252. The SMILES string of the molecule is CC(=O)C=CC(=O)[C@H](C)OC(C)=O. The van der Waals surface area contributed by atoms with Crippen molar-refractivity contribution in [1.29, 1.82) is 0 Å². The molecular formula is C9H12O4. The molecule has 0 fully saturated rings. The second kappa shape index (κ2) is 5.24. The molecular weight excluding hydrogens is 172 g/mol. The average molecular weight is 184 g/mol. The fourth-order valence-electron chi connectivity index (χ4n) is 0.642. The lowest BCUT2D eigenvalue weighted by Gasteiger charge is -2.06. The van der Waals surface area contributed by atoms with Crippen molar-refractivity contribution < 1.29 is 19.1 Å². The Hall–Kier alpha value is -1.45. The molecule has 0 amide bonds. The Kier molecular flexibility index (Phi) is 4.66. The highest BCUT2D eigenvalue weighted by Crippen LogP contribution is 1.95. The van der Waals surface area contributed by atoms with E-state index in [2.05, 4.69) is 4.74 Å². The summed E-state index contributed by atoms with van der Waals surface area (Å²) in [6, 6.07) is 0. The van der Waals surface area contributed by atoms with E-state index in [0.717, 1.165) is 12.2 Å². The molecule has 13 heavy (non-hydrogen) atoms. The van der Waals surface area contributed by atoms with Gasteiger partial charge in [-0.05, 0) is 26.0 Å². The fraction of sp³-hybridized carbons (Fsp3) is 0.444. The molecule has 0 unspecified atom stereocenters. The van der Waals surface area contributed by atoms with E-state index < -0.39 is 17.9 Å². The number of rotatable bonds is 4.